The summed E-state index contributed by atoms with van der Waals surface area (Å²) >= 11 is 3.17. The fraction of sp³-hybridized carbons (Fsp3) is 0.462. The van der Waals surface area contributed by atoms with Gasteiger partial charge in [0.05, 0.1) is 11.1 Å². The molecule has 0 atom stereocenters. The van der Waals surface area contributed by atoms with Gasteiger partial charge in [-0.1, -0.05) is 29.8 Å². The molecule has 100 valence electrons. The van der Waals surface area contributed by atoms with Crippen LogP contribution in [0.2, 0.25) is 0 Å². The molecule has 0 bridgehead atoms. The van der Waals surface area contributed by atoms with Crippen molar-refractivity contribution in [1.82, 2.24) is 0 Å². The van der Waals surface area contributed by atoms with Crippen LogP contribution in [0.15, 0.2) is 22.7 Å². The maximum Gasteiger partial charge on any atom is 0.231 e. The Bertz CT molecular complexity index is 425. The summed E-state index contributed by atoms with van der Waals surface area (Å²) in [6.45, 7) is 4.08. The molecule has 0 radical (unpaired) electrons. The van der Waals surface area contributed by atoms with Crippen molar-refractivity contribution in [3.63, 3.8) is 0 Å². The summed E-state index contributed by atoms with van der Waals surface area (Å²) in [5.74, 6) is -0.688. The predicted molar refractivity (Wildman–Crippen MR) is 74.8 cm³/mol. The van der Waals surface area contributed by atoms with E-state index in [1.54, 1.807) is 6.07 Å². The summed E-state index contributed by atoms with van der Waals surface area (Å²) in [4.78, 5) is 12.2. The summed E-state index contributed by atoms with van der Waals surface area (Å²) in [5.41, 5.74) is 5.24. The number of carbonyl (C=O) groups excluding carboxylic acids is 1. The quantitative estimate of drug-likeness (QED) is 0.875. The predicted octanol–water partition coefficient (Wildman–Crippen LogP) is 3.29. The molecule has 0 heterocycles. The minimum atomic E-state index is -0.625. The lowest BCUT2D eigenvalue weighted by Crippen LogP contribution is -2.41. The third-order valence-electron chi connectivity index (χ3n) is 3.41. The molecule has 0 unspecified atom stereocenters. The van der Waals surface area contributed by atoms with E-state index in [-0.39, 0.29) is 18.1 Å². The molecule has 3 N–H and O–H groups in total. The van der Waals surface area contributed by atoms with Crippen LogP contribution in [0.1, 0.15) is 26.7 Å². The normalized spacial score (nSPS) is 11.4. The van der Waals surface area contributed by atoms with E-state index in [1.165, 1.54) is 12.1 Å². The van der Waals surface area contributed by atoms with E-state index in [0.29, 0.717) is 17.3 Å². The van der Waals surface area contributed by atoms with Crippen LogP contribution in [0, 0.1) is 11.2 Å². The molecular formula is C13H18BrFN2O. The van der Waals surface area contributed by atoms with E-state index in [2.05, 4.69) is 21.2 Å². The maximum absolute atomic E-state index is 13.6. The van der Waals surface area contributed by atoms with Crippen LogP contribution in [0.5, 0.6) is 0 Å². The van der Waals surface area contributed by atoms with Crippen molar-refractivity contribution in [2.24, 2.45) is 11.1 Å². The largest absolute Gasteiger partial charge is 0.329 e. The number of rotatable bonds is 5. The summed E-state index contributed by atoms with van der Waals surface area (Å²) in [6, 6.07) is 4.53. The Kier molecular flexibility index (Phi) is 5.28. The second kappa shape index (κ2) is 6.29. The lowest BCUT2D eigenvalue weighted by Gasteiger charge is -2.28. The molecule has 18 heavy (non-hydrogen) atoms. The minimum absolute atomic E-state index is 0.183. The number of carbonyl (C=O) groups is 1. The van der Waals surface area contributed by atoms with Gasteiger partial charge in [-0.3, -0.25) is 4.79 Å². The molecule has 0 aliphatic heterocycles. The molecule has 0 aliphatic rings. The highest BCUT2D eigenvalue weighted by atomic mass is 79.9. The van der Waals surface area contributed by atoms with E-state index in [4.69, 9.17) is 5.73 Å². The number of nitrogens with two attached hydrogens (primary N) is 1. The maximum atomic E-state index is 13.6. The van der Waals surface area contributed by atoms with E-state index < -0.39 is 11.2 Å². The van der Waals surface area contributed by atoms with Crippen LogP contribution in [-0.2, 0) is 4.79 Å². The SMILES string of the molecule is CCC(CC)(CN)C(=O)Nc1ccc(Br)cc1F. The first-order valence-electron chi connectivity index (χ1n) is 5.95. The summed E-state index contributed by atoms with van der Waals surface area (Å²) in [7, 11) is 0. The minimum Gasteiger partial charge on any atom is -0.329 e. The molecule has 0 aliphatic carbocycles. The topological polar surface area (TPSA) is 55.1 Å². The van der Waals surface area contributed by atoms with Gasteiger partial charge in [-0.05, 0) is 31.0 Å². The van der Waals surface area contributed by atoms with Crippen LogP contribution in [0.3, 0.4) is 0 Å². The van der Waals surface area contributed by atoms with Crippen molar-refractivity contribution >= 4 is 27.5 Å². The molecule has 1 amide bonds. The zero-order valence-electron chi connectivity index (χ0n) is 10.6. The standard InChI is InChI=1S/C13H18BrFN2O/c1-3-13(4-2,8-16)12(18)17-11-6-5-9(14)7-10(11)15/h5-7H,3-4,8,16H2,1-2H3,(H,17,18). The summed E-state index contributed by atoms with van der Waals surface area (Å²) in [6.07, 6.45) is 1.26. The fourth-order valence-electron chi connectivity index (χ4n) is 1.80. The highest BCUT2D eigenvalue weighted by Gasteiger charge is 2.33. The Balaban J connectivity index is 2.93. The van der Waals surface area contributed by atoms with E-state index >= 15 is 0 Å². The summed E-state index contributed by atoms with van der Waals surface area (Å²) < 4.78 is 14.3. The van der Waals surface area contributed by atoms with Gasteiger partial charge in [0, 0.05) is 11.0 Å². The van der Waals surface area contributed by atoms with Crippen molar-refractivity contribution in [2.45, 2.75) is 26.7 Å². The fourth-order valence-corrected chi connectivity index (χ4v) is 2.13. The van der Waals surface area contributed by atoms with Gasteiger partial charge in [-0.2, -0.15) is 0 Å². The second-order valence-corrected chi connectivity index (χ2v) is 5.19. The number of halogens is 2. The molecule has 1 aromatic carbocycles. The van der Waals surface area contributed by atoms with Gasteiger partial charge in [0.25, 0.3) is 0 Å². The zero-order valence-corrected chi connectivity index (χ0v) is 12.2. The highest BCUT2D eigenvalue weighted by Crippen LogP contribution is 2.28. The first-order chi connectivity index (χ1) is 8.49. The number of nitrogens with one attached hydrogen (secondary N) is 1. The Labute approximate surface area is 115 Å². The molecule has 0 aromatic heterocycles. The Morgan fingerprint density at radius 3 is 2.50 bits per heavy atom. The van der Waals surface area contributed by atoms with Gasteiger partial charge in [-0.15, -0.1) is 0 Å². The van der Waals surface area contributed by atoms with Crippen molar-refractivity contribution < 1.29 is 9.18 Å². The van der Waals surface area contributed by atoms with Crippen molar-refractivity contribution in [3.05, 3.63) is 28.5 Å². The smallest absolute Gasteiger partial charge is 0.231 e. The number of benzene rings is 1. The average molecular weight is 317 g/mol. The number of hydrogen-bond donors (Lipinski definition) is 2. The molecule has 3 nitrogen and oxygen atoms in total. The van der Waals surface area contributed by atoms with Crippen LogP contribution >= 0.6 is 15.9 Å². The lowest BCUT2D eigenvalue weighted by atomic mass is 9.81. The molecule has 0 spiro atoms. The van der Waals surface area contributed by atoms with Gasteiger partial charge in [0.1, 0.15) is 5.82 Å². The van der Waals surface area contributed by atoms with Crippen LogP contribution in [0.25, 0.3) is 0 Å². The van der Waals surface area contributed by atoms with Gasteiger partial charge in [-0.25, -0.2) is 4.39 Å². The van der Waals surface area contributed by atoms with E-state index in [0.717, 1.165) is 0 Å². The third kappa shape index (κ3) is 3.09. The van der Waals surface area contributed by atoms with Crippen LogP contribution < -0.4 is 11.1 Å². The lowest BCUT2D eigenvalue weighted by molar-refractivity contribution is -0.125. The third-order valence-corrected chi connectivity index (χ3v) is 3.90. The number of amides is 1. The van der Waals surface area contributed by atoms with Gasteiger partial charge in [0.15, 0.2) is 0 Å². The molecule has 0 fully saturated rings. The summed E-state index contributed by atoms with van der Waals surface area (Å²) in [5, 5.41) is 2.62. The second-order valence-electron chi connectivity index (χ2n) is 4.27. The molecule has 0 saturated heterocycles. The molecule has 1 rings (SSSR count). The van der Waals surface area contributed by atoms with E-state index in [1.807, 2.05) is 13.8 Å². The first-order valence-corrected chi connectivity index (χ1v) is 6.75. The van der Waals surface area contributed by atoms with Gasteiger partial charge >= 0.3 is 0 Å². The zero-order chi connectivity index (χ0) is 13.8. The molecule has 1 aromatic rings. The van der Waals surface area contributed by atoms with Crippen LogP contribution in [-0.4, -0.2) is 12.5 Å². The number of hydrogen-bond acceptors (Lipinski definition) is 2. The molecular weight excluding hydrogens is 299 g/mol. The first kappa shape index (κ1) is 15.1. The number of anilines is 1. The van der Waals surface area contributed by atoms with Crippen LogP contribution in [0.4, 0.5) is 10.1 Å². The van der Waals surface area contributed by atoms with E-state index in [9.17, 15) is 9.18 Å². The van der Waals surface area contributed by atoms with Gasteiger partial charge < -0.3 is 11.1 Å². The average Bonchev–Trinajstić information content (AvgIpc) is 2.36. The Hall–Kier alpha value is -0.940. The van der Waals surface area contributed by atoms with Gasteiger partial charge in [0.2, 0.25) is 5.91 Å². The Morgan fingerprint density at radius 2 is 2.06 bits per heavy atom. The monoisotopic (exact) mass is 316 g/mol. The van der Waals surface area contributed by atoms with Crippen molar-refractivity contribution in [1.29, 1.82) is 0 Å². The molecule has 0 saturated carbocycles. The molecule has 5 heteroatoms. The van der Waals surface area contributed by atoms with Crippen molar-refractivity contribution in [2.75, 3.05) is 11.9 Å². The highest BCUT2D eigenvalue weighted by molar-refractivity contribution is 9.10. The van der Waals surface area contributed by atoms with Crippen molar-refractivity contribution in [3.8, 4) is 0 Å². The Morgan fingerprint density at radius 1 is 1.44 bits per heavy atom.